The number of hydrogen-bond donors (Lipinski definition) is 4. The highest BCUT2D eigenvalue weighted by Crippen LogP contribution is 1.89. The minimum Gasteiger partial charge on any atom is -0.466 e. The quantitative estimate of drug-likeness (QED) is 0.122. The summed E-state index contributed by atoms with van der Waals surface area (Å²) in [5.41, 5.74) is 0. The van der Waals surface area contributed by atoms with Gasteiger partial charge in [-0.25, -0.2) is 0 Å². The minimum atomic E-state index is -0.536. The fourth-order valence-corrected chi connectivity index (χ4v) is 1.67. The molecular weight excluding hydrogens is 404 g/mol. The van der Waals surface area contributed by atoms with E-state index in [1.165, 1.54) is 0 Å². The maximum atomic E-state index is 11.3. The molecule has 0 aromatic rings. The van der Waals surface area contributed by atoms with Gasteiger partial charge in [-0.3, -0.25) is 19.2 Å². The SMILES string of the molecule is CCOC(=O)CC(=O)OCC.O=C(CC(=O)NCCOCCO)NCCOCCO. The molecule has 0 saturated heterocycles. The van der Waals surface area contributed by atoms with Gasteiger partial charge in [-0.1, -0.05) is 0 Å². The molecule has 12 heteroatoms. The molecule has 0 aromatic carbocycles. The van der Waals surface area contributed by atoms with Crippen LogP contribution in [0.25, 0.3) is 0 Å². The smallest absolute Gasteiger partial charge is 0.317 e. The largest absolute Gasteiger partial charge is 0.466 e. The third-order valence-corrected chi connectivity index (χ3v) is 2.83. The maximum Gasteiger partial charge on any atom is 0.317 e. The van der Waals surface area contributed by atoms with Gasteiger partial charge in [0, 0.05) is 13.1 Å². The van der Waals surface area contributed by atoms with Crippen LogP contribution in [0.2, 0.25) is 0 Å². The summed E-state index contributed by atoms with van der Waals surface area (Å²) in [6.45, 7) is 5.46. The topological polar surface area (TPSA) is 170 Å². The second-order valence-corrected chi connectivity index (χ2v) is 5.34. The average molecular weight is 438 g/mol. The van der Waals surface area contributed by atoms with Crippen LogP contribution in [0.15, 0.2) is 0 Å². The standard InChI is InChI=1S/C11H22N2O6.C7H12O4/c14-3-7-18-5-1-12-10(16)9-11(17)13-2-6-19-8-4-15;1-3-10-6(8)5-7(9)11-4-2/h14-15H,1-9H2,(H,12,16)(H,13,17);3-5H2,1-2H3. The lowest BCUT2D eigenvalue weighted by atomic mass is 10.3. The molecule has 0 atom stereocenters. The number of carbonyl (C=O) groups excluding carboxylic acids is 4. The van der Waals surface area contributed by atoms with Gasteiger partial charge in [0.15, 0.2) is 0 Å². The molecule has 0 saturated carbocycles. The predicted molar refractivity (Wildman–Crippen MR) is 104 cm³/mol. The summed E-state index contributed by atoms with van der Waals surface area (Å²) in [5.74, 6) is -1.85. The average Bonchev–Trinajstić information content (AvgIpc) is 2.68. The van der Waals surface area contributed by atoms with E-state index in [9.17, 15) is 19.2 Å². The number of carbonyl (C=O) groups is 4. The normalized spacial score (nSPS) is 9.73. The zero-order chi connectivity index (χ0) is 23.0. The number of rotatable bonds is 16. The first-order chi connectivity index (χ1) is 14.4. The lowest BCUT2D eigenvalue weighted by Gasteiger charge is -2.07. The zero-order valence-corrected chi connectivity index (χ0v) is 17.6. The molecule has 30 heavy (non-hydrogen) atoms. The Balaban J connectivity index is 0. The van der Waals surface area contributed by atoms with Crippen molar-refractivity contribution in [3.63, 3.8) is 0 Å². The van der Waals surface area contributed by atoms with E-state index in [1.54, 1.807) is 13.8 Å². The molecule has 2 amide bonds. The van der Waals surface area contributed by atoms with Crippen LogP contribution in [0.1, 0.15) is 26.7 Å². The number of esters is 2. The molecule has 0 aliphatic rings. The number of aliphatic hydroxyl groups is 2. The van der Waals surface area contributed by atoms with Gasteiger partial charge >= 0.3 is 11.9 Å². The van der Waals surface area contributed by atoms with E-state index >= 15 is 0 Å². The van der Waals surface area contributed by atoms with Crippen molar-refractivity contribution in [1.29, 1.82) is 0 Å². The van der Waals surface area contributed by atoms with E-state index in [2.05, 4.69) is 20.1 Å². The molecule has 0 rings (SSSR count). The van der Waals surface area contributed by atoms with Gasteiger partial charge in [-0.05, 0) is 13.8 Å². The van der Waals surface area contributed by atoms with E-state index in [1.807, 2.05) is 0 Å². The van der Waals surface area contributed by atoms with E-state index in [0.29, 0.717) is 26.3 Å². The van der Waals surface area contributed by atoms with Gasteiger partial charge in [0.25, 0.3) is 0 Å². The first-order valence-corrected chi connectivity index (χ1v) is 9.62. The van der Waals surface area contributed by atoms with Crippen LogP contribution in [-0.2, 0) is 38.1 Å². The molecule has 0 radical (unpaired) electrons. The maximum absolute atomic E-state index is 11.3. The highest BCUT2D eigenvalue weighted by molar-refractivity contribution is 5.96. The fraction of sp³-hybridized carbons (Fsp3) is 0.778. The number of amides is 2. The van der Waals surface area contributed by atoms with E-state index in [-0.39, 0.29) is 64.3 Å². The van der Waals surface area contributed by atoms with Crippen molar-refractivity contribution in [3.8, 4) is 0 Å². The highest BCUT2D eigenvalue weighted by Gasteiger charge is 2.10. The third kappa shape index (κ3) is 23.8. The molecule has 0 aliphatic carbocycles. The van der Waals surface area contributed by atoms with Crippen LogP contribution < -0.4 is 10.6 Å². The Morgan fingerprint density at radius 2 is 1.07 bits per heavy atom. The lowest BCUT2D eigenvalue weighted by Crippen LogP contribution is -2.34. The monoisotopic (exact) mass is 438 g/mol. The number of ether oxygens (including phenoxy) is 4. The minimum absolute atomic E-state index is 0.0608. The Labute approximate surface area is 176 Å². The van der Waals surface area contributed by atoms with Gasteiger partial charge in [0.1, 0.15) is 12.8 Å². The van der Waals surface area contributed by atoms with Crippen molar-refractivity contribution < 1.29 is 48.3 Å². The molecule has 0 fully saturated rings. The van der Waals surface area contributed by atoms with E-state index in [0.717, 1.165) is 0 Å². The second kappa shape index (κ2) is 23.0. The van der Waals surface area contributed by atoms with Gasteiger partial charge in [-0.15, -0.1) is 0 Å². The van der Waals surface area contributed by atoms with Crippen LogP contribution in [0.4, 0.5) is 0 Å². The highest BCUT2D eigenvalue weighted by atomic mass is 16.6. The first-order valence-electron chi connectivity index (χ1n) is 9.62. The van der Waals surface area contributed by atoms with Crippen molar-refractivity contribution in [2.75, 3.05) is 65.9 Å². The Kier molecular flexibility index (Phi) is 22.9. The van der Waals surface area contributed by atoms with E-state index < -0.39 is 11.9 Å². The van der Waals surface area contributed by atoms with Crippen molar-refractivity contribution in [1.82, 2.24) is 10.6 Å². The third-order valence-electron chi connectivity index (χ3n) is 2.83. The summed E-state index contributed by atoms with van der Waals surface area (Å²) in [4.78, 5) is 43.8. The Morgan fingerprint density at radius 1 is 0.667 bits per heavy atom. The molecule has 176 valence electrons. The molecule has 0 spiro atoms. The van der Waals surface area contributed by atoms with Gasteiger partial charge in [0.05, 0.1) is 52.9 Å². The summed E-state index contributed by atoms with van der Waals surface area (Å²) in [6.07, 6.45) is -0.540. The number of aliphatic hydroxyl groups excluding tert-OH is 2. The van der Waals surface area contributed by atoms with Crippen molar-refractivity contribution in [2.45, 2.75) is 26.7 Å². The van der Waals surface area contributed by atoms with E-state index in [4.69, 9.17) is 19.7 Å². The number of nitrogens with one attached hydrogen (secondary N) is 2. The molecule has 0 aromatic heterocycles. The van der Waals surface area contributed by atoms with Gasteiger partial charge in [-0.2, -0.15) is 0 Å². The summed E-state index contributed by atoms with van der Waals surface area (Å²) >= 11 is 0. The van der Waals surface area contributed by atoms with Gasteiger partial charge in [0.2, 0.25) is 11.8 Å². The van der Waals surface area contributed by atoms with Crippen molar-refractivity contribution in [2.24, 2.45) is 0 Å². The Morgan fingerprint density at radius 3 is 1.40 bits per heavy atom. The van der Waals surface area contributed by atoms with Crippen molar-refractivity contribution >= 4 is 23.8 Å². The summed E-state index contributed by atoms with van der Waals surface area (Å²) in [7, 11) is 0. The van der Waals surface area contributed by atoms with Crippen molar-refractivity contribution in [3.05, 3.63) is 0 Å². The Hall–Kier alpha value is -2.28. The summed E-state index contributed by atoms with van der Waals surface area (Å²) < 4.78 is 18.9. The lowest BCUT2D eigenvalue weighted by molar-refractivity contribution is -0.154. The first kappa shape index (κ1) is 29.9. The van der Waals surface area contributed by atoms with Crippen LogP contribution in [0.3, 0.4) is 0 Å². The fourth-order valence-electron chi connectivity index (χ4n) is 1.67. The zero-order valence-electron chi connectivity index (χ0n) is 17.6. The van der Waals surface area contributed by atoms with Crippen LogP contribution in [0.5, 0.6) is 0 Å². The molecule has 0 heterocycles. The molecular formula is C18H34N2O10. The molecule has 0 bridgehead atoms. The Bertz CT molecular complexity index is 434. The molecule has 12 nitrogen and oxygen atoms in total. The summed E-state index contributed by atoms with van der Waals surface area (Å²) in [5, 5.41) is 21.9. The molecule has 0 unspecified atom stereocenters. The summed E-state index contributed by atoms with van der Waals surface area (Å²) in [6, 6.07) is 0. The predicted octanol–water partition coefficient (Wildman–Crippen LogP) is -1.87. The van der Waals surface area contributed by atoms with Gasteiger partial charge < -0.3 is 39.8 Å². The molecule has 0 aliphatic heterocycles. The second-order valence-electron chi connectivity index (χ2n) is 5.34. The molecule has 4 N–H and O–H groups in total. The van der Waals surface area contributed by atoms with Crippen LogP contribution in [0, 0.1) is 0 Å². The van der Waals surface area contributed by atoms with Crippen LogP contribution >= 0.6 is 0 Å². The van der Waals surface area contributed by atoms with Crippen LogP contribution in [-0.4, -0.2) is 99.9 Å². The number of hydrogen-bond acceptors (Lipinski definition) is 10.